The van der Waals surface area contributed by atoms with Crippen molar-refractivity contribution in [2.75, 3.05) is 19.6 Å². The van der Waals surface area contributed by atoms with Crippen LogP contribution >= 0.6 is 0 Å². The van der Waals surface area contributed by atoms with Crippen molar-refractivity contribution >= 4 is 11.8 Å². The van der Waals surface area contributed by atoms with Crippen LogP contribution in [0, 0.1) is 5.92 Å². The lowest BCUT2D eigenvalue weighted by atomic mass is 9.97. The number of likely N-dealkylation sites (N-methyl/N-ethyl adjacent to an activating group) is 1. The van der Waals surface area contributed by atoms with Crippen molar-refractivity contribution in [1.82, 2.24) is 10.2 Å². The Balaban J connectivity index is 2.57. The molecule has 17 heavy (non-hydrogen) atoms. The van der Waals surface area contributed by atoms with Crippen molar-refractivity contribution in [2.45, 2.75) is 39.2 Å². The molecule has 0 aromatic carbocycles. The van der Waals surface area contributed by atoms with E-state index in [-0.39, 0.29) is 17.7 Å². The van der Waals surface area contributed by atoms with Gasteiger partial charge in [-0.05, 0) is 27.2 Å². The van der Waals surface area contributed by atoms with E-state index in [1.807, 2.05) is 6.92 Å². The van der Waals surface area contributed by atoms with Crippen LogP contribution < -0.4 is 5.32 Å². The van der Waals surface area contributed by atoms with E-state index < -0.39 is 5.60 Å². The van der Waals surface area contributed by atoms with Gasteiger partial charge >= 0.3 is 0 Å². The highest BCUT2D eigenvalue weighted by atomic mass is 16.3. The third-order valence-electron chi connectivity index (χ3n) is 2.89. The number of nitrogens with one attached hydrogen (secondary N) is 1. The van der Waals surface area contributed by atoms with Crippen LogP contribution in [0.25, 0.3) is 0 Å². The zero-order chi connectivity index (χ0) is 13.1. The normalized spacial score (nSPS) is 20.9. The zero-order valence-electron chi connectivity index (χ0n) is 10.8. The molecule has 0 aromatic rings. The molecule has 0 saturated carbocycles. The van der Waals surface area contributed by atoms with E-state index in [4.69, 9.17) is 0 Å². The minimum atomic E-state index is -0.885. The van der Waals surface area contributed by atoms with Crippen molar-refractivity contribution in [2.24, 2.45) is 5.92 Å². The second-order valence-electron chi connectivity index (χ2n) is 5.20. The summed E-state index contributed by atoms with van der Waals surface area (Å²) < 4.78 is 0. The molecule has 1 fully saturated rings. The van der Waals surface area contributed by atoms with E-state index in [0.29, 0.717) is 32.5 Å². The number of rotatable bonds is 4. The highest BCUT2D eigenvalue weighted by molar-refractivity contribution is 5.83. The molecule has 1 atom stereocenters. The molecule has 0 aromatic heterocycles. The van der Waals surface area contributed by atoms with Gasteiger partial charge in [0.25, 0.3) is 0 Å². The third kappa shape index (κ3) is 4.34. The summed E-state index contributed by atoms with van der Waals surface area (Å²) in [6.07, 6.45) is 1.02. The second kappa shape index (κ2) is 5.49. The van der Waals surface area contributed by atoms with Crippen LogP contribution in [-0.2, 0) is 9.59 Å². The van der Waals surface area contributed by atoms with Crippen LogP contribution in [0.5, 0.6) is 0 Å². The lowest BCUT2D eigenvalue weighted by molar-refractivity contribution is -0.140. The zero-order valence-corrected chi connectivity index (χ0v) is 10.8. The van der Waals surface area contributed by atoms with E-state index in [1.165, 1.54) is 0 Å². The quantitative estimate of drug-likeness (QED) is 0.736. The van der Waals surface area contributed by atoms with E-state index in [0.717, 1.165) is 0 Å². The third-order valence-corrected chi connectivity index (χ3v) is 2.89. The number of carbonyl (C=O) groups excluding carboxylic acids is 2. The molecular formula is C12H22N2O3. The molecule has 1 aliphatic heterocycles. The maximum absolute atomic E-state index is 12.2. The van der Waals surface area contributed by atoms with Crippen molar-refractivity contribution in [3.63, 3.8) is 0 Å². The van der Waals surface area contributed by atoms with Crippen molar-refractivity contribution in [3.8, 4) is 0 Å². The van der Waals surface area contributed by atoms with Gasteiger partial charge in [-0.2, -0.15) is 0 Å². The van der Waals surface area contributed by atoms with E-state index >= 15 is 0 Å². The largest absolute Gasteiger partial charge is 0.389 e. The molecule has 5 heteroatoms. The Labute approximate surface area is 102 Å². The first-order valence-electron chi connectivity index (χ1n) is 6.11. The lowest BCUT2D eigenvalue weighted by Gasteiger charge is -2.32. The fraction of sp³-hybridized carbons (Fsp3) is 0.833. The summed E-state index contributed by atoms with van der Waals surface area (Å²) in [5.41, 5.74) is -0.885. The number of hydrogen-bond acceptors (Lipinski definition) is 3. The molecule has 0 spiro atoms. The molecule has 1 unspecified atom stereocenters. The summed E-state index contributed by atoms with van der Waals surface area (Å²) >= 11 is 0. The number of piperidine rings is 1. The topological polar surface area (TPSA) is 69.6 Å². The highest BCUT2D eigenvalue weighted by Gasteiger charge is 2.30. The van der Waals surface area contributed by atoms with E-state index in [9.17, 15) is 14.7 Å². The van der Waals surface area contributed by atoms with Crippen molar-refractivity contribution in [1.29, 1.82) is 0 Å². The molecule has 98 valence electrons. The molecular weight excluding hydrogens is 220 g/mol. The summed E-state index contributed by atoms with van der Waals surface area (Å²) in [6.45, 7) is 6.59. The monoisotopic (exact) mass is 242 g/mol. The average molecular weight is 242 g/mol. The second-order valence-corrected chi connectivity index (χ2v) is 5.20. The molecule has 1 saturated heterocycles. The number of amides is 2. The van der Waals surface area contributed by atoms with Gasteiger partial charge in [-0.25, -0.2) is 0 Å². The number of aliphatic hydroxyl groups is 1. The number of hydrogen-bond donors (Lipinski definition) is 2. The van der Waals surface area contributed by atoms with Crippen molar-refractivity contribution in [3.05, 3.63) is 0 Å². The van der Waals surface area contributed by atoms with Crippen LogP contribution in [0.4, 0.5) is 0 Å². The molecule has 0 aliphatic carbocycles. The Morgan fingerprint density at radius 2 is 2.24 bits per heavy atom. The van der Waals surface area contributed by atoms with Gasteiger partial charge in [-0.3, -0.25) is 9.59 Å². The molecule has 0 radical (unpaired) electrons. The Morgan fingerprint density at radius 1 is 1.59 bits per heavy atom. The van der Waals surface area contributed by atoms with Crippen LogP contribution in [0.3, 0.4) is 0 Å². The predicted molar refractivity (Wildman–Crippen MR) is 64.3 cm³/mol. The first kappa shape index (κ1) is 14.0. The molecule has 0 bridgehead atoms. The van der Waals surface area contributed by atoms with Gasteiger partial charge in [-0.15, -0.1) is 0 Å². The Kier molecular flexibility index (Phi) is 4.51. The van der Waals surface area contributed by atoms with Gasteiger partial charge in [0.1, 0.15) is 0 Å². The fourth-order valence-corrected chi connectivity index (χ4v) is 2.01. The molecule has 1 heterocycles. The molecule has 2 amide bonds. The van der Waals surface area contributed by atoms with Gasteiger partial charge in [0, 0.05) is 26.1 Å². The van der Waals surface area contributed by atoms with Crippen molar-refractivity contribution < 1.29 is 14.7 Å². The minimum absolute atomic E-state index is 0.0135. The maximum atomic E-state index is 12.2. The summed E-state index contributed by atoms with van der Waals surface area (Å²) in [6, 6.07) is 0. The van der Waals surface area contributed by atoms with Crippen LogP contribution in [0.2, 0.25) is 0 Å². The first-order chi connectivity index (χ1) is 7.83. The maximum Gasteiger partial charge on any atom is 0.227 e. The SMILES string of the molecule is CCN(CC(C)(C)O)C(=O)C1CCC(=O)NC1. The average Bonchev–Trinajstić information content (AvgIpc) is 2.25. The Hall–Kier alpha value is -1.10. The van der Waals surface area contributed by atoms with Gasteiger partial charge in [-0.1, -0.05) is 0 Å². The standard InChI is InChI=1S/C12H22N2O3/c1-4-14(8-12(2,3)17)11(16)9-5-6-10(15)13-7-9/h9,17H,4-8H2,1-3H3,(H,13,15). The molecule has 5 nitrogen and oxygen atoms in total. The summed E-state index contributed by atoms with van der Waals surface area (Å²) in [4.78, 5) is 24.9. The van der Waals surface area contributed by atoms with Gasteiger partial charge in [0.05, 0.1) is 11.5 Å². The number of carbonyl (C=O) groups is 2. The Morgan fingerprint density at radius 3 is 2.65 bits per heavy atom. The minimum Gasteiger partial charge on any atom is -0.389 e. The van der Waals surface area contributed by atoms with Crippen LogP contribution in [0.1, 0.15) is 33.6 Å². The Bertz CT molecular complexity index is 287. The predicted octanol–water partition coefficient (Wildman–Crippen LogP) is 0.132. The summed E-state index contributed by atoms with van der Waals surface area (Å²) in [5.74, 6) is -0.107. The van der Waals surface area contributed by atoms with Crippen LogP contribution in [0.15, 0.2) is 0 Å². The lowest BCUT2D eigenvalue weighted by Crippen LogP contribution is -2.48. The van der Waals surface area contributed by atoms with E-state index in [1.54, 1.807) is 18.7 Å². The summed E-state index contributed by atoms with van der Waals surface area (Å²) in [7, 11) is 0. The highest BCUT2D eigenvalue weighted by Crippen LogP contribution is 2.16. The molecule has 1 aliphatic rings. The van der Waals surface area contributed by atoms with E-state index in [2.05, 4.69) is 5.32 Å². The first-order valence-corrected chi connectivity index (χ1v) is 6.11. The molecule has 2 N–H and O–H groups in total. The fourth-order valence-electron chi connectivity index (χ4n) is 2.01. The van der Waals surface area contributed by atoms with Gasteiger partial charge in [0.15, 0.2) is 0 Å². The van der Waals surface area contributed by atoms with Crippen LogP contribution in [-0.4, -0.2) is 47.1 Å². The van der Waals surface area contributed by atoms with Gasteiger partial charge in [0.2, 0.25) is 11.8 Å². The smallest absolute Gasteiger partial charge is 0.227 e. The number of nitrogens with zero attached hydrogens (tertiary/aromatic N) is 1. The van der Waals surface area contributed by atoms with Gasteiger partial charge < -0.3 is 15.3 Å². The summed E-state index contributed by atoms with van der Waals surface area (Å²) in [5, 5.41) is 12.5. The molecule has 1 rings (SSSR count).